The first-order valence-corrected chi connectivity index (χ1v) is 4.32. The smallest absolute Gasteiger partial charge is 0.140 e. The van der Waals surface area contributed by atoms with Crippen molar-refractivity contribution < 1.29 is 4.74 Å². The van der Waals surface area contributed by atoms with Crippen LogP contribution in [0, 0.1) is 17.4 Å². The van der Waals surface area contributed by atoms with Crippen LogP contribution in [-0.2, 0) is 0 Å². The maximum absolute atomic E-state index is 5.22. The maximum Gasteiger partial charge on any atom is 0.140 e. The Morgan fingerprint density at radius 1 is 1.08 bits per heavy atom. The third-order valence-electron chi connectivity index (χ3n) is 1.34. The third kappa shape index (κ3) is 4.22. The van der Waals surface area contributed by atoms with Crippen molar-refractivity contribution >= 4 is 0 Å². The van der Waals surface area contributed by atoms with Gasteiger partial charge in [0.25, 0.3) is 0 Å². The maximum atomic E-state index is 5.22. The lowest BCUT2D eigenvalue weighted by Gasteiger charge is -2.06. The molecule has 0 atom stereocenters. The number of rotatable bonds is 1. The van der Waals surface area contributed by atoms with Gasteiger partial charge in [-0.1, -0.05) is 24.1 Å². The Kier molecular flexibility index (Phi) is 2.97. The second-order valence-electron chi connectivity index (χ2n) is 3.89. The standard InChI is InChI=1S/C12H14O/c1-12(2,3)9-10-13-11-7-5-4-6-8-11/h4-8H,1-3H3. The van der Waals surface area contributed by atoms with E-state index in [9.17, 15) is 0 Å². The van der Waals surface area contributed by atoms with Crippen molar-refractivity contribution in [2.75, 3.05) is 0 Å². The minimum atomic E-state index is -0.00518. The molecule has 0 aliphatic heterocycles. The quantitative estimate of drug-likeness (QED) is 0.594. The van der Waals surface area contributed by atoms with Crippen molar-refractivity contribution in [2.45, 2.75) is 20.8 Å². The molecule has 0 aromatic heterocycles. The SMILES string of the molecule is CC(C)(C)C#COc1ccccc1. The molecule has 0 saturated heterocycles. The highest BCUT2D eigenvalue weighted by molar-refractivity contribution is 5.23. The molecule has 13 heavy (non-hydrogen) atoms. The van der Waals surface area contributed by atoms with Crippen LogP contribution in [0.5, 0.6) is 5.75 Å². The lowest BCUT2D eigenvalue weighted by molar-refractivity contribution is 0.504. The van der Waals surface area contributed by atoms with Crippen molar-refractivity contribution in [1.82, 2.24) is 0 Å². The van der Waals surface area contributed by atoms with E-state index in [4.69, 9.17) is 4.74 Å². The van der Waals surface area contributed by atoms with E-state index in [1.807, 2.05) is 51.1 Å². The minimum absolute atomic E-state index is 0.00518. The average Bonchev–Trinajstić information content (AvgIpc) is 2.04. The molecule has 1 rings (SSSR count). The number of para-hydroxylation sites is 1. The van der Waals surface area contributed by atoms with Gasteiger partial charge < -0.3 is 4.74 Å². The molecular formula is C12H14O. The summed E-state index contributed by atoms with van der Waals surface area (Å²) in [6.45, 7) is 6.15. The molecule has 0 aliphatic rings. The van der Waals surface area contributed by atoms with Gasteiger partial charge in [0, 0.05) is 5.41 Å². The van der Waals surface area contributed by atoms with Crippen molar-refractivity contribution in [3.8, 4) is 17.8 Å². The van der Waals surface area contributed by atoms with Crippen molar-refractivity contribution in [3.05, 3.63) is 30.3 Å². The van der Waals surface area contributed by atoms with E-state index in [0.717, 1.165) is 5.75 Å². The molecule has 0 heterocycles. The predicted octanol–water partition coefficient (Wildman–Crippen LogP) is 3.07. The van der Waals surface area contributed by atoms with E-state index in [0.29, 0.717) is 0 Å². The summed E-state index contributed by atoms with van der Waals surface area (Å²) < 4.78 is 5.22. The summed E-state index contributed by atoms with van der Waals surface area (Å²) in [6.07, 6.45) is 2.69. The molecule has 1 heteroatoms. The van der Waals surface area contributed by atoms with Gasteiger partial charge in [-0.3, -0.25) is 0 Å². The summed E-state index contributed by atoms with van der Waals surface area (Å²) in [6, 6.07) is 9.57. The molecule has 0 amide bonds. The van der Waals surface area contributed by atoms with Gasteiger partial charge in [-0.2, -0.15) is 0 Å². The van der Waals surface area contributed by atoms with Crippen molar-refractivity contribution in [3.63, 3.8) is 0 Å². The Morgan fingerprint density at radius 3 is 2.23 bits per heavy atom. The summed E-state index contributed by atoms with van der Waals surface area (Å²) in [5.74, 6) is 3.79. The summed E-state index contributed by atoms with van der Waals surface area (Å²) in [4.78, 5) is 0. The van der Waals surface area contributed by atoms with Gasteiger partial charge in [0.05, 0.1) is 0 Å². The Balaban J connectivity index is 2.56. The van der Waals surface area contributed by atoms with E-state index in [1.165, 1.54) is 0 Å². The topological polar surface area (TPSA) is 9.23 Å². The predicted molar refractivity (Wildman–Crippen MR) is 54.3 cm³/mol. The molecule has 0 spiro atoms. The molecule has 0 fully saturated rings. The van der Waals surface area contributed by atoms with Crippen LogP contribution in [0.25, 0.3) is 0 Å². The number of benzene rings is 1. The normalized spacial score (nSPS) is 10.1. The fourth-order valence-electron chi connectivity index (χ4n) is 0.726. The summed E-state index contributed by atoms with van der Waals surface area (Å²) in [5, 5.41) is 0. The van der Waals surface area contributed by atoms with E-state index >= 15 is 0 Å². The van der Waals surface area contributed by atoms with E-state index < -0.39 is 0 Å². The number of hydrogen-bond donors (Lipinski definition) is 0. The summed E-state index contributed by atoms with van der Waals surface area (Å²) in [7, 11) is 0. The van der Waals surface area contributed by atoms with Gasteiger partial charge in [0.15, 0.2) is 0 Å². The molecule has 68 valence electrons. The average molecular weight is 174 g/mol. The van der Waals surface area contributed by atoms with Crippen LogP contribution >= 0.6 is 0 Å². The zero-order valence-electron chi connectivity index (χ0n) is 8.29. The first-order valence-electron chi connectivity index (χ1n) is 4.32. The van der Waals surface area contributed by atoms with Crippen LogP contribution in [0.2, 0.25) is 0 Å². The van der Waals surface area contributed by atoms with Gasteiger partial charge in [0.2, 0.25) is 0 Å². The van der Waals surface area contributed by atoms with Crippen molar-refractivity contribution in [1.29, 1.82) is 0 Å². The first-order chi connectivity index (χ1) is 6.08. The highest BCUT2D eigenvalue weighted by Gasteiger charge is 2.03. The van der Waals surface area contributed by atoms with Crippen LogP contribution in [0.1, 0.15) is 20.8 Å². The van der Waals surface area contributed by atoms with Gasteiger partial charge in [0.1, 0.15) is 11.9 Å². The minimum Gasteiger partial charge on any atom is -0.408 e. The van der Waals surface area contributed by atoms with Gasteiger partial charge in [-0.15, -0.1) is 0 Å². The zero-order chi connectivity index (χ0) is 9.73. The van der Waals surface area contributed by atoms with Crippen LogP contribution in [0.15, 0.2) is 30.3 Å². The highest BCUT2D eigenvalue weighted by Crippen LogP contribution is 2.11. The molecule has 1 nitrogen and oxygen atoms in total. The molecule has 0 radical (unpaired) electrons. The molecule has 1 aromatic carbocycles. The van der Waals surface area contributed by atoms with Crippen LogP contribution < -0.4 is 4.74 Å². The molecular weight excluding hydrogens is 160 g/mol. The van der Waals surface area contributed by atoms with Gasteiger partial charge in [-0.05, 0) is 32.9 Å². The lowest BCUT2D eigenvalue weighted by atomic mass is 9.99. The lowest BCUT2D eigenvalue weighted by Crippen LogP contribution is -2.00. The van der Waals surface area contributed by atoms with Crippen LogP contribution in [0.3, 0.4) is 0 Å². The van der Waals surface area contributed by atoms with Crippen molar-refractivity contribution in [2.24, 2.45) is 5.41 Å². The third-order valence-corrected chi connectivity index (χ3v) is 1.34. The monoisotopic (exact) mass is 174 g/mol. The molecule has 0 N–H and O–H groups in total. The van der Waals surface area contributed by atoms with Gasteiger partial charge in [-0.25, -0.2) is 0 Å². The second kappa shape index (κ2) is 4.00. The fourth-order valence-corrected chi connectivity index (χ4v) is 0.726. The molecule has 0 bridgehead atoms. The van der Waals surface area contributed by atoms with E-state index in [-0.39, 0.29) is 5.41 Å². The first kappa shape index (κ1) is 9.67. The molecule has 0 saturated carbocycles. The molecule has 1 aromatic rings. The fraction of sp³-hybridized carbons (Fsp3) is 0.333. The van der Waals surface area contributed by atoms with E-state index in [2.05, 4.69) is 12.0 Å². The Hall–Kier alpha value is -1.42. The Morgan fingerprint density at radius 2 is 1.69 bits per heavy atom. The number of ether oxygens (including phenoxy) is 1. The van der Waals surface area contributed by atoms with Crippen LogP contribution in [0.4, 0.5) is 0 Å². The summed E-state index contributed by atoms with van der Waals surface area (Å²) >= 11 is 0. The zero-order valence-corrected chi connectivity index (χ0v) is 8.29. The van der Waals surface area contributed by atoms with Gasteiger partial charge >= 0.3 is 0 Å². The highest BCUT2D eigenvalue weighted by atomic mass is 16.5. The summed E-state index contributed by atoms with van der Waals surface area (Å²) in [5.41, 5.74) is -0.00518. The van der Waals surface area contributed by atoms with E-state index in [1.54, 1.807) is 0 Å². The second-order valence-corrected chi connectivity index (χ2v) is 3.89. The Labute approximate surface area is 79.7 Å². The molecule has 0 unspecified atom stereocenters. The Bertz CT molecular complexity index is 308. The van der Waals surface area contributed by atoms with Crippen LogP contribution in [-0.4, -0.2) is 0 Å². The number of hydrogen-bond acceptors (Lipinski definition) is 1. The largest absolute Gasteiger partial charge is 0.408 e. The molecule has 0 aliphatic carbocycles.